The first-order valence-electron chi connectivity index (χ1n) is 5.09. The van der Waals surface area contributed by atoms with Crippen LogP contribution in [0.25, 0.3) is 0 Å². The minimum atomic E-state index is 0.956. The number of rotatable bonds is 3. The summed E-state index contributed by atoms with van der Waals surface area (Å²) in [5.74, 6) is 7.05. The van der Waals surface area contributed by atoms with Crippen molar-refractivity contribution in [2.24, 2.45) is 5.84 Å². The quantitative estimate of drug-likeness (QED) is 0.611. The van der Waals surface area contributed by atoms with Gasteiger partial charge < -0.3 is 5.01 Å². The molecule has 2 nitrogen and oxygen atoms in total. The van der Waals surface area contributed by atoms with E-state index in [2.05, 4.69) is 25.1 Å². The van der Waals surface area contributed by atoms with Crippen molar-refractivity contribution in [2.45, 2.75) is 24.7 Å². The summed E-state index contributed by atoms with van der Waals surface area (Å²) in [4.78, 5) is 1.34. The van der Waals surface area contributed by atoms with Crippen LogP contribution in [0.3, 0.4) is 0 Å². The smallest absolute Gasteiger partial charge is 0.0561 e. The Balaban J connectivity index is 2.17. The third-order valence-electron chi connectivity index (χ3n) is 2.46. The van der Waals surface area contributed by atoms with Crippen LogP contribution in [0.1, 0.15) is 18.9 Å². The summed E-state index contributed by atoms with van der Waals surface area (Å²) in [6, 6.07) is 6.63. The molecule has 0 radical (unpaired) electrons. The van der Waals surface area contributed by atoms with Crippen LogP contribution < -0.4 is 10.9 Å². The fraction of sp³-hybridized carbons (Fsp3) is 0.455. The number of hydrogen-bond acceptors (Lipinski definition) is 3. The lowest BCUT2D eigenvalue weighted by molar-refractivity contribution is 0.891. The Hall–Kier alpha value is -0.670. The van der Waals surface area contributed by atoms with Crippen molar-refractivity contribution in [3.05, 3.63) is 23.8 Å². The fourth-order valence-electron chi connectivity index (χ4n) is 1.69. The molecule has 0 unspecified atom stereocenters. The van der Waals surface area contributed by atoms with E-state index in [9.17, 15) is 0 Å². The molecule has 3 heteroatoms. The molecule has 0 aliphatic carbocycles. The van der Waals surface area contributed by atoms with E-state index in [0.717, 1.165) is 13.0 Å². The number of nitrogens with two attached hydrogens (primary N) is 1. The number of fused-ring (bicyclic) bond motifs is 1. The molecule has 1 aromatic carbocycles. The van der Waals surface area contributed by atoms with E-state index in [1.54, 1.807) is 0 Å². The van der Waals surface area contributed by atoms with Gasteiger partial charge in [-0.05, 0) is 36.3 Å². The highest BCUT2D eigenvalue weighted by molar-refractivity contribution is 7.99. The predicted molar refractivity (Wildman–Crippen MR) is 62.7 cm³/mol. The highest BCUT2D eigenvalue weighted by atomic mass is 32.2. The van der Waals surface area contributed by atoms with Crippen LogP contribution in [0.4, 0.5) is 5.69 Å². The Labute approximate surface area is 89.4 Å². The molecule has 0 spiro atoms. The lowest BCUT2D eigenvalue weighted by Gasteiger charge is -2.12. The van der Waals surface area contributed by atoms with Crippen LogP contribution in [0.15, 0.2) is 23.1 Å². The molecule has 2 rings (SSSR count). The van der Waals surface area contributed by atoms with Crippen molar-refractivity contribution in [2.75, 3.05) is 17.3 Å². The Bertz CT molecular complexity index is 325. The Morgan fingerprint density at radius 1 is 1.50 bits per heavy atom. The fourth-order valence-corrected chi connectivity index (χ4v) is 2.49. The molecular weight excluding hydrogens is 192 g/mol. The molecule has 0 aromatic heterocycles. The maximum atomic E-state index is 5.87. The molecule has 2 N–H and O–H groups in total. The zero-order valence-electron chi connectivity index (χ0n) is 8.49. The Morgan fingerprint density at radius 3 is 3.14 bits per heavy atom. The first-order chi connectivity index (χ1) is 6.81. The molecule has 0 saturated heterocycles. The van der Waals surface area contributed by atoms with Crippen molar-refractivity contribution in [3.63, 3.8) is 0 Å². The SMILES string of the molecule is CCCSc1ccc2c(c1)N(N)CC2. The second kappa shape index (κ2) is 4.24. The maximum absolute atomic E-state index is 5.87. The minimum absolute atomic E-state index is 0.956. The van der Waals surface area contributed by atoms with Gasteiger partial charge in [0.05, 0.1) is 5.69 Å². The van der Waals surface area contributed by atoms with E-state index in [-0.39, 0.29) is 0 Å². The van der Waals surface area contributed by atoms with Crippen LogP contribution in [0.5, 0.6) is 0 Å². The molecule has 14 heavy (non-hydrogen) atoms. The molecule has 0 atom stereocenters. The molecular formula is C11H16N2S. The van der Waals surface area contributed by atoms with Crippen molar-refractivity contribution in [1.29, 1.82) is 0 Å². The standard InChI is InChI=1S/C11H16N2S/c1-2-7-14-10-4-3-9-5-6-13(12)11(9)8-10/h3-4,8H,2,5-7,12H2,1H3. The van der Waals surface area contributed by atoms with Gasteiger partial charge in [-0.2, -0.15) is 0 Å². The largest absolute Gasteiger partial charge is 0.310 e. The first kappa shape index (κ1) is 9.87. The van der Waals surface area contributed by atoms with Gasteiger partial charge in [-0.1, -0.05) is 13.0 Å². The molecule has 1 aliphatic rings. The van der Waals surface area contributed by atoms with Crippen LogP contribution in [0, 0.1) is 0 Å². The summed E-state index contributed by atoms with van der Waals surface area (Å²) in [5, 5.41) is 1.85. The maximum Gasteiger partial charge on any atom is 0.0561 e. The number of anilines is 1. The third kappa shape index (κ3) is 1.88. The lowest BCUT2D eigenvalue weighted by atomic mass is 10.2. The molecule has 76 valence electrons. The Morgan fingerprint density at radius 2 is 2.36 bits per heavy atom. The number of thioether (sulfide) groups is 1. The highest BCUT2D eigenvalue weighted by Crippen LogP contribution is 2.30. The molecule has 0 amide bonds. The zero-order valence-corrected chi connectivity index (χ0v) is 9.31. The average Bonchev–Trinajstić information content (AvgIpc) is 2.57. The summed E-state index contributed by atoms with van der Waals surface area (Å²) in [6.07, 6.45) is 2.30. The molecule has 0 fully saturated rings. The Kier molecular flexibility index (Phi) is 2.99. The second-order valence-corrected chi connectivity index (χ2v) is 4.75. The average molecular weight is 208 g/mol. The molecule has 1 aromatic rings. The molecule has 0 bridgehead atoms. The van der Waals surface area contributed by atoms with Gasteiger partial charge in [-0.15, -0.1) is 11.8 Å². The first-order valence-corrected chi connectivity index (χ1v) is 6.08. The van der Waals surface area contributed by atoms with Crippen LogP contribution in [0.2, 0.25) is 0 Å². The summed E-state index contributed by atoms with van der Waals surface area (Å²) >= 11 is 1.91. The number of hydrazine groups is 1. The van der Waals surface area contributed by atoms with E-state index in [1.807, 2.05) is 16.8 Å². The highest BCUT2D eigenvalue weighted by Gasteiger charge is 2.15. The molecule has 1 aliphatic heterocycles. The van der Waals surface area contributed by atoms with E-state index in [1.165, 1.54) is 28.3 Å². The van der Waals surface area contributed by atoms with Gasteiger partial charge in [0.2, 0.25) is 0 Å². The topological polar surface area (TPSA) is 29.3 Å². The van der Waals surface area contributed by atoms with Crippen molar-refractivity contribution >= 4 is 17.4 Å². The third-order valence-corrected chi connectivity index (χ3v) is 3.66. The summed E-state index contributed by atoms with van der Waals surface area (Å²) < 4.78 is 0. The summed E-state index contributed by atoms with van der Waals surface area (Å²) in [7, 11) is 0. The summed E-state index contributed by atoms with van der Waals surface area (Å²) in [5.41, 5.74) is 2.60. The van der Waals surface area contributed by atoms with Gasteiger partial charge in [-0.25, -0.2) is 5.84 Å². The number of nitrogens with zero attached hydrogens (tertiary/aromatic N) is 1. The second-order valence-electron chi connectivity index (χ2n) is 3.58. The van der Waals surface area contributed by atoms with Gasteiger partial charge in [0.15, 0.2) is 0 Å². The number of hydrogen-bond donors (Lipinski definition) is 1. The van der Waals surface area contributed by atoms with E-state index in [0.29, 0.717) is 0 Å². The zero-order chi connectivity index (χ0) is 9.97. The van der Waals surface area contributed by atoms with Gasteiger partial charge in [0.1, 0.15) is 0 Å². The summed E-state index contributed by atoms with van der Waals surface area (Å²) in [6.45, 7) is 3.16. The van der Waals surface area contributed by atoms with Gasteiger partial charge in [0, 0.05) is 11.4 Å². The van der Waals surface area contributed by atoms with E-state index >= 15 is 0 Å². The van der Waals surface area contributed by atoms with E-state index in [4.69, 9.17) is 5.84 Å². The van der Waals surface area contributed by atoms with Crippen LogP contribution >= 0.6 is 11.8 Å². The van der Waals surface area contributed by atoms with Gasteiger partial charge >= 0.3 is 0 Å². The van der Waals surface area contributed by atoms with Crippen molar-refractivity contribution in [3.8, 4) is 0 Å². The normalized spacial score (nSPS) is 14.6. The van der Waals surface area contributed by atoms with Gasteiger partial charge in [-0.3, -0.25) is 0 Å². The van der Waals surface area contributed by atoms with Crippen LogP contribution in [-0.2, 0) is 6.42 Å². The van der Waals surface area contributed by atoms with Crippen molar-refractivity contribution in [1.82, 2.24) is 0 Å². The van der Waals surface area contributed by atoms with Crippen molar-refractivity contribution < 1.29 is 0 Å². The molecule has 1 heterocycles. The molecule has 0 saturated carbocycles. The lowest BCUT2D eigenvalue weighted by Crippen LogP contribution is -2.28. The van der Waals surface area contributed by atoms with E-state index < -0.39 is 0 Å². The monoisotopic (exact) mass is 208 g/mol. The minimum Gasteiger partial charge on any atom is -0.310 e. The predicted octanol–water partition coefficient (Wildman–Crippen LogP) is 2.42. The van der Waals surface area contributed by atoms with Gasteiger partial charge in [0.25, 0.3) is 0 Å². The number of benzene rings is 1. The van der Waals surface area contributed by atoms with Crippen LogP contribution in [-0.4, -0.2) is 12.3 Å².